The molecule has 3 rings (SSSR count). The van der Waals surface area contributed by atoms with E-state index in [9.17, 15) is 4.79 Å². The summed E-state index contributed by atoms with van der Waals surface area (Å²) < 4.78 is 0. The van der Waals surface area contributed by atoms with Crippen molar-refractivity contribution in [3.63, 3.8) is 0 Å². The number of carbonyl (C=O) groups excluding carboxylic acids is 1. The molecule has 4 heteroatoms. The van der Waals surface area contributed by atoms with Gasteiger partial charge in [0.2, 0.25) is 5.91 Å². The van der Waals surface area contributed by atoms with Crippen molar-refractivity contribution in [1.82, 2.24) is 10.6 Å². The van der Waals surface area contributed by atoms with Crippen molar-refractivity contribution in [2.24, 2.45) is 11.7 Å². The Bertz CT molecular complexity index is 313. The second kappa shape index (κ2) is 5.80. The topological polar surface area (TPSA) is 67.1 Å². The monoisotopic (exact) mass is 265 g/mol. The van der Waals surface area contributed by atoms with Crippen molar-refractivity contribution in [2.45, 2.75) is 82.0 Å². The van der Waals surface area contributed by atoms with Crippen LogP contribution in [0.4, 0.5) is 0 Å². The molecule has 1 aliphatic carbocycles. The van der Waals surface area contributed by atoms with E-state index in [0.29, 0.717) is 30.1 Å². The van der Waals surface area contributed by atoms with E-state index in [0.717, 1.165) is 32.1 Å². The van der Waals surface area contributed by atoms with Gasteiger partial charge in [0.15, 0.2) is 0 Å². The molecule has 0 aromatic rings. The summed E-state index contributed by atoms with van der Waals surface area (Å²) in [6, 6.07) is 2.10. The van der Waals surface area contributed by atoms with Crippen LogP contribution in [0.1, 0.15) is 57.8 Å². The van der Waals surface area contributed by atoms with Gasteiger partial charge in [-0.3, -0.25) is 4.79 Å². The summed E-state index contributed by atoms with van der Waals surface area (Å²) in [5, 5.41) is 6.86. The van der Waals surface area contributed by atoms with Crippen LogP contribution in [0.2, 0.25) is 0 Å². The van der Waals surface area contributed by atoms with Gasteiger partial charge in [0.1, 0.15) is 0 Å². The number of nitrogens with two attached hydrogens (primary N) is 1. The Hall–Kier alpha value is -0.610. The lowest BCUT2D eigenvalue weighted by Gasteiger charge is -2.30. The first-order valence-electron chi connectivity index (χ1n) is 8.00. The van der Waals surface area contributed by atoms with Gasteiger partial charge in [-0.2, -0.15) is 0 Å². The molecule has 0 radical (unpaired) electrons. The van der Waals surface area contributed by atoms with Crippen LogP contribution in [0.5, 0.6) is 0 Å². The summed E-state index contributed by atoms with van der Waals surface area (Å²) in [5.41, 5.74) is 5.89. The van der Waals surface area contributed by atoms with E-state index in [1.165, 1.54) is 25.7 Å². The number of hydrogen-bond donors (Lipinski definition) is 3. The van der Waals surface area contributed by atoms with Crippen molar-refractivity contribution < 1.29 is 4.79 Å². The summed E-state index contributed by atoms with van der Waals surface area (Å²) in [4.78, 5) is 12.1. The molecule has 2 aliphatic heterocycles. The Labute approximate surface area is 115 Å². The molecule has 2 atom stereocenters. The number of rotatable bonds is 3. The number of amides is 1. The predicted octanol–water partition coefficient (Wildman–Crippen LogP) is 1.29. The van der Waals surface area contributed by atoms with E-state index in [4.69, 9.17) is 5.73 Å². The lowest BCUT2D eigenvalue weighted by Crippen LogP contribution is -2.43. The van der Waals surface area contributed by atoms with Gasteiger partial charge >= 0.3 is 0 Å². The van der Waals surface area contributed by atoms with Crippen LogP contribution in [0.25, 0.3) is 0 Å². The molecular formula is C15H27N3O. The first-order valence-corrected chi connectivity index (χ1v) is 8.00. The Morgan fingerprint density at radius 3 is 2.32 bits per heavy atom. The number of hydrogen-bond acceptors (Lipinski definition) is 3. The van der Waals surface area contributed by atoms with Crippen LogP contribution in [0.15, 0.2) is 0 Å². The molecule has 1 amide bonds. The molecule has 3 fully saturated rings. The number of nitrogens with one attached hydrogen (secondary N) is 2. The van der Waals surface area contributed by atoms with Gasteiger partial charge in [-0.05, 0) is 57.3 Å². The number of piperidine rings is 1. The maximum absolute atomic E-state index is 12.1. The summed E-state index contributed by atoms with van der Waals surface area (Å²) >= 11 is 0. The lowest BCUT2D eigenvalue weighted by molar-refractivity contribution is -0.123. The minimum absolute atomic E-state index is 0.270. The normalized spacial score (nSPS) is 42.1. The lowest BCUT2D eigenvalue weighted by atomic mass is 9.88. The minimum atomic E-state index is 0.270. The molecule has 108 valence electrons. The average Bonchev–Trinajstić information content (AvgIpc) is 2.72. The summed E-state index contributed by atoms with van der Waals surface area (Å²) in [6.45, 7) is 0. The van der Waals surface area contributed by atoms with Crippen LogP contribution in [0, 0.1) is 5.92 Å². The maximum Gasteiger partial charge on any atom is 0.220 e. The number of fused-ring (bicyclic) bond motifs is 2. The van der Waals surface area contributed by atoms with E-state index in [2.05, 4.69) is 10.6 Å². The van der Waals surface area contributed by atoms with Gasteiger partial charge in [0.05, 0.1) is 0 Å². The first-order chi connectivity index (χ1) is 9.19. The van der Waals surface area contributed by atoms with Crippen molar-refractivity contribution >= 4 is 5.91 Å². The van der Waals surface area contributed by atoms with Gasteiger partial charge in [-0.25, -0.2) is 0 Å². The van der Waals surface area contributed by atoms with Gasteiger partial charge in [0.25, 0.3) is 0 Å². The zero-order valence-electron chi connectivity index (χ0n) is 11.7. The predicted molar refractivity (Wildman–Crippen MR) is 75.7 cm³/mol. The third-order valence-corrected chi connectivity index (χ3v) is 5.18. The van der Waals surface area contributed by atoms with E-state index in [1.54, 1.807) is 0 Å². The molecule has 2 unspecified atom stereocenters. The minimum Gasteiger partial charge on any atom is -0.353 e. The van der Waals surface area contributed by atoms with E-state index < -0.39 is 0 Å². The molecule has 1 saturated carbocycles. The van der Waals surface area contributed by atoms with E-state index in [-0.39, 0.29) is 5.91 Å². The van der Waals surface area contributed by atoms with Crippen LogP contribution in [-0.2, 0) is 4.79 Å². The first kappa shape index (κ1) is 13.4. The third-order valence-electron chi connectivity index (χ3n) is 5.18. The van der Waals surface area contributed by atoms with Crippen molar-refractivity contribution in [2.75, 3.05) is 0 Å². The van der Waals surface area contributed by atoms with Crippen LogP contribution < -0.4 is 16.4 Å². The standard InChI is InChI=1S/C15H27N3O/c16-11-1-3-12(4-2-11)18-15(19)9-10-7-13-5-6-14(8-10)17-13/h10-14,17H,1-9,16H2,(H,18,19). The van der Waals surface area contributed by atoms with E-state index in [1.807, 2.05) is 0 Å². The SMILES string of the molecule is NC1CCC(NC(=O)CC2CC3CCC(C2)N3)CC1. The van der Waals surface area contributed by atoms with Crippen molar-refractivity contribution in [3.05, 3.63) is 0 Å². The fourth-order valence-corrected chi connectivity index (χ4v) is 4.15. The van der Waals surface area contributed by atoms with Crippen LogP contribution in [0.3, 0.4) is 0 Å². The fourth-order valence-electron chi connectivity index (χ4n) is 4.15. The summed E-state index contributed by atoms with van der Waals surface area (Å²) in [7, 11) is 0. The molecule has 19 heavy (non-hydrogen) atoms. The third kappa shape index (κ3) is 3.48. The zero-order valence-corrected chi connectivity index (χ0v) is 11.7. The molecule has 2 saturated heterocycles. The molecule has 0 aromatic carbocycles. The molecule has 2 bridgehead atoms. The molecular weight excluding hydrogens is 238 g/mol. The highest BCUT2D eigenvalue weighted by atomic mass is 16.1. The Morgan fingerprint density at radius 2 is 1.68 bits per heavy atom. The van der Waals surface area contributed by atoms with Crippen LogP contribution in [-0.4, -0.2) is 30.1 Å². The number of carbonyl (C=O) groups is 1. The Morgan fingerprint density at radius 1 is 1.05 bits per heavy atom. The molecule has 4 N–H and O–H groups in total. The largest absolute Gasteiger partial charge is 0.353 e. The summed E-state index contributed by atoms with van der Waals surface area (Å²) in [5.74, 6) is 0.872. The van der Waals surface area contributed by atoms with Gasteiger partial charge in [-0.1, -0.05) is 0 Å². The quantitative estimate of drug-likeness (QED) is 0.720. The highest BCUT2D eigenvalue weighted by Gasteiger charge is 2.34. The Kier molecular flexibility index (Phi) is 4.08. The summed E-state index contributed by atoms with van der Waals surface area (Å²) in [6.07, 6.45) is 9.97. The van der Waals surface area contributed by atoms with Crippen LogP contribution >= 0.6 is 0 Å². The van der Waals surface area contributed by atoms with E-state index >= 15 is 0 Å². The average molecular weight is 265 g/mol. The molecule has 2 heterocycles. The molecule has 0 aromatic heterocycles. The smallest absolute Gasteiger partial charge is 0.220 e. The fraction of sp³-hybridized carbons (Fsp3) is 0.933. The molecule has 0 spiro atoms. The molecule has 3 aliphatic rings. The zero-order chi connectivity index (χ0) is 13.2. The van der Waals surface area contributed by atoms with Crippen molar-refractivity contribution in [1.29, 1.82) is 0 Å². The maximum atomic E-state index is 12.1. The molecule has 4 nitrogen and oxygen atoms in total. The highest BCUT2D eigenvalue weighted by Crippen LogP contribution is 2.32. The second-order valence-electron chi connectivity index (χ2n) is 6.86. The Balaban J connectivity index is 1.41. The van der Waals surface area contributed by atoms with Gasteiger partial charge in [0, 0.05) is 30.6 Å². The van der Waals surface area contributed by atoms with Gasteiger partial charge in [-0.15, -0.1) is 0 Å². The highest BCUT2D eigenvalue weighted by molar-refractivity contribution is 5.76. The second-order valence-corrected chi connectivity index (χ2v) is 6.86. The van der Waals surface area contributed by atoms with Crippen molar-refractivity contribution in [3.8, 4) is 0 Å². The van der Waals surface area contributed by atoms with Gasteiger partial charge < -0.3 is 16.4 Å².